The van der Waals surface area contributed by atoms with Crippen molar-refractivity contribution in [1.82, 2.24) is 15.2 Å². The predicted octanol–water partition coefficient (Wildman–Crippen LogP) is -0.564. The molecule has 0 aliphatic carbocycles. The van der Waals surface area contributed by atoms with Gasteiger partial charge < -0.3 is 4.74 Å². The number of ether oxygens (including phenoxy) is 1. The average molecular weight is 260 g/mol. The molecule has 0 radical (unpaired) electrons. The third-order valence-electron chi connectivity index (χ3n) is 2.59. The van der Waals surface area contributed by atoms with Crippen molar-refractivity contribution >= 4 is 16.6 Å². The maximum Gasteiger partial charge on any atom is 0.238 e. The lowest BCUT2D eigenvalue weighted by atomic mass is 10.2. The van der Waals surface area contributed by atoms with Crippen molar-refractivity contribution in [2.75, 3.05) is 17.6 Å². The summed E-state index contributed by atoms with van der Waals surface area (Å²) < 4.78 is 30.3. The number of hydrazine groups is 1. The maximum absolute atomic E-state index is 11.1. The number of hydrogen-bond donors (Lipinski definition) is 2. The molecule has 0 aromatic carbocycles. The van der Waals surface area contributed by atoms with Crippen LogP contribution in [0.4, 0.5) is 5.69 Å². The summed E-state index contributed by atoms with van der Waals surface area (Å²) in [5.74, 6) is 0. The zero-order valence-electron chi connectivity index (χ0n) is 9.57. The van der Waals surface area contributed by atoms with Gasteiger partial charge in [-0.25, -0.2) is 18.3 Å². The lowest BCUT2D eigenvalue weighted by Crippen LogP contribution is -2.41. The highest BCUT2D eigenvalue weighted by molar-refractivity contribution is 7.73. The van der Waals surface area contributed by atoms with E-state index in [-0.39, 0.29) is 6.10 Å². The van der Waals surface area contributed by atoms with Gasteiger partial charge in [0.15, 0.2) is 0 Å². The average Bonchev–Trinajstić information content (AvgIpc) is 2.90. The van der Waals surface area contributed by atoms with Gasteiger partial charge in [0.1, 0.15) is 5.69 Å². The first-order valence-corrected chi connectivity index (χ1v) is 6.58. The van der Waals surface area contributed by atoms with Crippen LogP contribution in [0, 0.1) is 0 Å². The topological polar surface area (TPSA) is 76.5 Å². The van der Waals surface area contributed by atoms with Crippen LogP contribution < -0.4 is 9.84 Å². The maximum atomic E-state index is 11.1. The van der Waals surface area contributed by atoms with Crippen molar-refractivity contribution in [3.63, 3.8) is 0 Å². The standard InChI is InChI=1S/C9H16N4O3S/c1-12-7-8(5-10-12)13(17(14)15)11-6-9-3-2-4-16-9/h5,7,9,11,17H,2-4,6H2,1H3. The molecule has 1 aliphatic rings. The van der Waals surface area contributed by atoms with E-state index < -0.39 is 10.9 Å². The Kier molecular flexibility index (Phi) is 3.97. The molecule has 1 fully saturated rings. The monoisotopic (exact) mass is 260 g/mol. The van der Waals surface area contributed by atoms with E-state index in [0.717, 1.165) is 23.9 Å². The number of anilines is 1. The van der Waals surface area contributed by atoms with Crippen LogP contribution in [0.5, 0.6) is 0 Å². The molecular weight excluding hydrogens is 244 g/mol. The molecule has 96 valence electrons. The second-order valence-corrected chi connectivity index (χ2v) is 4.79. The normalized spacial score (nSPS) is 20.0. The molecule has 1 saturated heterocycles. The van der Waals surface area contributed by atoms with E-state index in [4.69, 9.17) is 4.74 Å². The van der Waals surface area contributed by atoms with Crippen LogP contribution >= 0.6 is 0 Å². The van der Waals surface area contributed by atoms with Crippen LogP contribution in [0.25, 0.3) is 0 Å². The summed E-state index contributed by atoms with van der Waals surface area (Å²) in [5, 5.41) is 3.94. The van der Waals surface area contributed by atoms with Gasteiger partial charge in [0.2, 0.25) is 10.9 Å². The minimum atomic E-state index is -2.73. The van der Waals surface area contributed by atoms with Gasteiger partial charge in [-0.3, -0.25) is 4.68 Å². The van der Waals surface area contributed by atoms with Gasteiger partial charge in [-0.15, -0.1) is 0 Å². The molecule has 0 amide bonds. The molecule has 2 rings (SSSR count). The molecule has 1 N–H and O–H groups in total. The zero-order valence-corrected chi connectivity index (χ0v) is 10.5. The molecule has 0 spiro atoms. The van der Waals surface area contributed by atoms with Crippen molar-refractivity contribution < 1.29 is 13.2 Å². The molecule has 1 aromatic heterocycles. The van der Waals surface area contributed by atoms with Crippen molar-refractivity contribution in [2.45, 2.75) is 18.9 Å². The first kappa shape index (κ1) is 12.3. The predicted molar refractivity (Wildman–Crippen MR) is 63.0 cm³/mol. The van der Waals surface area contributed by atoms with Gasteiger partial charge in [-0.05, 0) is 12.8 Å². The molecular formula is C9H16N4O3S. The van der Waals surface area contributed by atoms with Gasteiger partial charge in [0.25, 0.3) is 0 Å². The Morgan fingerprint density at radius 1 is 1.71 bits per heavy atom. The lowest BCUT2D eigenvalue weighted by Gasteiger charge is -2.19. The molecule has 1 aliphatic heterocycles. The largest absolute Gasteiger partial charge is 0.377 e. The highest BCUT2D eigenvalue weighted by Crippen LogP contribution is 2.13. The van der Waals surface area contributed by atoms with Crippen molar-refractivity contribution in [1.29, 1.82) is 0 Å². The van der Waals surface area contributed by atoms with E-state index in [0.29, 0.717) is 12.2 Å². The van der Waals surface area contributed by atoms with Crippen LogP contribution in [0.1, 0.15) is 12.8 Å². The first-order chi connectivity index (χ1) is 8.16. The Hall–Kier alpha value is -1.12. The summed E-state index contributed by atoms with van der Waals surface area (Å²) in [7, 11) is -0.998. The number of hydrogen-bond acceptors (Lipinski definition) is 5. The van der Waals surface area contributed by atoms with Crippen LogP contribution in [0.2, 0.25) is 0 Å². The number of aromatic nitrogens is 2. The molecule has 7 nitrogen and oxygen atoms in total. The first-order valence-electron chi connectivity index (χ1n) is 5.45. The number of thiol groups is 1. The summed E-state index contributed by atoms with van der Waals surface area (Å²) >= 11 is 0. The summed E-state index contributed by atoms with van der Waals surface area (Å²) in [6.07, 6.45) is 5.21. The smallest absolute Gasteiger partial charge is 0.238 e. The Labute approximate surface area is 101 Å². The van der Waals surface area contributed by atoms with Gasteiger partial charge in [0, 0.05) is 20.2 Å². The van der Waals surface area contributed by atoms with Crippen LogP contribution in [0.15, 0.2) is 12.4 Å². The van der Waals surface area contributed by atoms with E-state index in [1.165, 1.54) is 6.20 Å². The minimum Gasteiger partial charge on any atom is -0.377 e. The van der Waals surface area contributed by atoms with Crippen LogP contribution in [0.3, 0.4) is 0 Å². The Morgan fingerprint density at radius 2 is 2.53 bits per heavy atom. The van der Waals surface area contributed by atoms with Crippen LogP contribution in [-0.4, -0.2) is 37.5 Å². The summed E-state index contributed by atoms with van der Waals surface area (Å²) in [6.45, 7) is 1.24. The molecule has 2 heterocycles. The highest BCUT2D eigenvalue weighted by atomic mass is 32.2. The van der Waals surface area contributed by atoms with Crippen molar-refractivity contribution in [3.8, 4) is 0 Å². The summed E-state index contributed by atoms with van der Waals surface area (Å²) in [5.41, 5.74) is 3.35. The summed E-state index contributed by atoms with van der Waals surface area (Å²) in [4.78, 5) is 0. The van der Waals surface area contributed by atoms with Crippen LogP contribution in [-0.2, 0) is 22.7 Å². The number of nitrogens with one attached hydrogen (secondary N) is 1. The van der Waals surface area contributed by atoms with E-state index >= 15 is 0 Å². The molecule has 1 aromatic rings. The molecule has 1 unspecified atom stereocenters. The SMILES string of the molecule is Cn1cc(N(NCC2CCCO2)[SH](=O)=O)cn1. The second-order valence-electron chi connectivity index (χ2n) is 3.92. The Morgan fingerprint density at radius 3 is 3.06 bits per heavy atom. The molecule has 8 heteroatoms. The van der Waals surface area contributed by atoms with E-state index in [9.17, 15) is 8.42 Å². The molecule has 0 saturated carbocycles. The molecule has 1 atom stereocenters. The van der Waals surface area contributed by atoms with Gasteiger partial charge in [-0.2, -0.15) is 5.10 Å². The van der Waals surface area contributed by atoms with E-state index in [2.05, 4.69) is 10.5 Å². The van der Waals surface area contributed by atoms with Crippen molar-refractivity contribution in [2.24, 2.45) is 7.05 Å². The fraction of sp³-hybridized carbons (Fsp3) is 0.667. The minimum absolute atomic E-state index is 0.0871. The van der Waals surface area contributed by atoms with Crippen molar-refractivity contribution in [3.05, 3.63) is 12.4 Å². The van der Waals surface area contributed by atoms with Gasteiger partial charge >= 0.3 is 0 Å². The van der Waals surface area contributed by atoms with Gasteiger partial charge in [0.05, 0.1) is 18.5 Å². The third kappa shape index (κ3) is 3.18. The highest BCUT2D eigenvalue weighted by Gasteiger charge is 2.18. The number of aryl methyl sites for hydroxylation is 1. The summed E-state index contributed by atoms with van der Waals surface area (Å²) in [6, 6.07) is 0. The molecule has 17 heavy (non-hydrogen) atoms. The van der Waals surface area contributed by atoms with Gasteiger partial charge in [-0.1, -0.05) is 0 Å². The molecule has 0 bridgehead atoms. The number of nitrogens with zero attached hydrogens (tertiary/aromatic N) is 3. The van der Waals surface area contributed by atoms with E-state index in [1.54, 1.807) is 17.9 Å². The zero-order chi connectivity index (χ0) is 12.3. The van der Waals surface area contributed by atoms with E-state index in [1.807, 2.05) is 0 Å². The third-order valence-corrected chi connectivity index (χ3v) is 3.29. The number of rotatable bonds is 5. The lowest BCUT2D eigenvalue weighted by molar-refractivity contribution is 0.111. The Balaban J connectivity index is 1.97. The fourth-order valence-corrected chi connectivity index (χ4v) is 2.24. The fourth-order valence-electron chi connectivity index (χ4n) is 1.75. The quantitative estimate of drug-likeness (QED) is 0.548. The Bertz CT molecular complexity index is 431. The second kappa shape index (κ2) is 5.48.